The Morgan fingerprint density at radius 1 is 1.15 bits per heavy atom. The van der Waals surface area contributed by atoms with Crippen molar-refractivity contribution in [2.75, 3.05) is 0 Å². The van der Waals surface area contributed by atoms with Crippen LogP contribution in [-0.4, -0.2) is 20.5 Å². The number of hydrogen-bond donors (Lipinski definition) is 0. The summed E-state index contributed by atoms with van der Waals surface area (Å²) in [6.45, 7) is 1.74. The number of para-hydroxylation sites is 3. The summed E-state index contributed by atoms with van der Waals surface area (Å²) in [6, 6.07) is 18.7. The van der Waals surface area contributed by atoms with Crippen LogP contribution in [0.4, 0.5) is 0 Å². The molecule has 0 radical (unpaired) electrons. The Bertz CT molecular complexity index is 1100. The minimum Gasteiger partial charge on any atom is -0.439 e. The van der Waals surface area contributed by atoms with Gasteiger partial charge in [0.25, 0.3) is 0 Å². The first-order chi connectivity index (χ1) is 12.7. The van der Waals surface area contributed by atoms with E-state index < -0.39 is 5.92 Å². The van der Waals surface area contributed by atoms with Crippen LogP contribution in [0.1, 0.15) is 27.9 Å². The monoisotopic (exact) mass is 342 g/mol. The van der Waals surface area contributed by atoms with E-state index in [2.05, 4.69) is 10.1 Å². The number of carbonyl (C=O) groups is 1. The van der Waals surface area contributed by atoms with Crippen LogP contribution in [0, 0.1) is 18.3 Å². The molecule has 126 valence electrons. The predicted molar refractivity (Wildman–Crippen MR) is 95.0 cm³/mol. The SMILES string of the molecule is Cc1nn(-c2ccccc2)cc1C(=O)[C@@H](C#N)c1nc2ccccc2o1. The van der Waals surface area contributed by atoms with E-state index >= 15 is 0 Å². The highest BCUT2D eigenvalue weighted by Crippen LogP contribution is 2.25. The molecule has 2 heterocycles. The fourth-order valence-electron chi connectivity index (χ4n) is 2.81. The molecule has 6 nitrogen and oxygen atoms in total. The average molecular weight is 342 g/mol. The lowest BCUT2D eigenvalue weighted by molar-refractivity contribution is 0.0969. The molecule has 0 fully saturated rings. The molecule has 0 amide bonds. The molecule has 0 aliphatic carbocycles. The number of fused-ring (bicyclic) bond motifs is 1. The molecular weight excluding hydrogens is 328 g/mol. The lowest BCUT2D eigenvalue weighted by Gasteiger charge is -2.02. The first-order valence-corrected chi connectivity index (χ1v) is 8.08. The molecule has 0 aliphatic rings. The molecular formula is C20H14N4O2. The first-order valence-electron chi connectivity index (χ1n) is 8.08. The highest BCUT2D eigenvalue weighted by molar-refractivity contribution is 6.03. The van der Waals surface area contributed by atoms with Gasteiger partial charge in [0.2, 0.25) is 5.89 Å². The molecule has 0 spiro atoms. The van der Waals surface area contributed by atoms with Gasteiger partial charge < -0.3 is 4.42 Å². The van der Waals surface area contributed by atoms with Gasteiger partial charge in [-0.15, -0.1) is 0 Å². The van der Waals surface area contributed by atoms with Gasteiger partial charge >= 0.3 is 0 Å². The first kappa shape index (κ1) is 15.8. The maximum absolute atomic E-state index is 12.9. The van der Waals surface area contributed by atoms with Crippen molar-refractivity contribution < 1.29 is 9.21 Å². The van der Waals surface area contributed by atoms with Crippen molar-refractivity contribution in [3.05, 3.63) is 77.9 Å². The van der Waals surface area contributed by atoms with Crippen LogP contribution < -0.4 is 0 Å². The topological polar surface area (TPSA) is 84.7 Å². The number of aryl methyl sites for hydroxylation is 1. The summed E-state index contributed by atoms with van der Waals surface area (Å²) in [4.78, 5) is 17.2. The van der Waals surface area contributed by atoms with E-state index in [0.717, 1.165) is 5.69 Å². The number of aromatic nitrogens is 3. The van der Waals surface area contributed by atoms with E-state index in [1.54, 1.807) is 29.9 Å². The number of hydrogen-bond acceptors (Lipinski definition) is 5. The van der Waals surface area contributed by atoms with Crippen molar-refractivity contribution in [2.45, 2.75) is 12.8 Å². The Balaban J connectivity index is 1.72. The Hall–Kier alpha value is -3.72. The van der Waals surface area contributed by atoms with Gasteiger partial charge in [-0.2, -0.15) is 10.4 Å². The molecule has 0 saturated carbocycles. The molecule has 4 rings (SSSR count). The smallest absolute Gasteiger partial charge is 0.220 e. The predicted octanol–water partition coefficient (Wildman–Crippen LogP) is 3.81. The highest BCUT2D eigenvalue weighted by Gasteiger charge is 2.29. The van der Waals surface area contributed by atoms with Crippen molar-refractivity contribution in [1.29, 1.82) is 5.26 Å². The maximum atomic E-state index is 12.9. The number of benzene rings is 2. The summed E-state index contributed by atoms with van der Waals surface area (Å²) in [5.41, 5.74) is 2.93. The lowest BCUT2D eigenvalue weighted by atomic mass is 9.99. The number of oxazole rings is 1. The number of nitrogens with zero attached hydrogens (tertiary/aromatic N) is 4. The molecule has 1 atom stereocenters. The second-order valence-corrected chi connectivity index (χ2v) is 5.85. The molecule has 26 heavy (non-hydrogen) atoms. The quantitative estimate of drug-likeness (QED) is 0.526. The number of nitriles is 1. The van der Waals surface area contributed by atoms with Crippen LogP contribution in [0.2, 0.25) is 0 Å². The van der Waals surface area contributed by atoms with E-state index in [-0.39, 0.29) is 11.7 Å². The van der Waals surface area contributed by atoms with Gasteiger partial charge in [0.15, 0.2) is 17.3 Å². The van der Waals surface area contributed by atoms with Gasteiger partial charge in [-0.25, -0.2) is 9.67 Å². The van der Waals surface area contributed by atoms with E-state index in [1.165, 1.54) is 0 Å². The Morgan fingerprint density at radius 2 is 1.88 bits per heavy atom. The lowest BCUT2D eigenvalue weighted by Crippen LogP contribution is -2.12. The van der Waals surface area contributed by atoms with Crippen molar-refractivity contribution in [3.63, 3.8) is 0 Å². The summed E-state index contributed by atoms with van der Waals surface area (Å²) >= 11 is 0. The average Bonchev–Trinajstić information content (AvgIpc) is 3.26. The van der Waals surface area contributed by atoms with Gasteiger partial charge in [0, 0.05) is 6.20 Å². The normalized spacial score (nSPS) is 12.0. The summed E-state index contributed by atoms with van der Waals surface area (Å²) in [6.07, 6.45) is 1.64. The molecule has 0 N–H and O–H groups in total. The van der Waals surface area contributed by atoms with E-state index in [1.807, 2.05) is 48.5 Å². The number of carbonyl (C=O) groups excluding carboxylic acids is 1. The molecule has 0 saturated heterocycles. The fourth-order valence-corrected chi connectivity index (χ4v) is 2.81. The van der Waals surface area contributed by atoms with E-state index in [9.17, 15) is 10.1 Å². The Morgan fingerprint density at radius 3 is 2.62 bits per heavy atom. The molecule has 2 aromatic heterocycles. The van der Waals surface area contributed by atoms with Gasteiger partial charge in [0.1, 0.15) is 5.52 Å². The molecule has 0 bridgehead atoms. The maximum Gasteiger partial charge on any atom is 0.220 e. The van der Waals surface area contributed by atoms with Crippen molar-refractivity contribution in [1.82, 2.24) is 14.8 Å². The highest BCUT2D eigenvalue weighted by atomic mass is 16.3. The fraction of sp³-hybridized carbons (Fsp3) is 0.100. The van der Waals surface area contributed by atoms with Crippen molar-refractivity contribution >= 4 is 16.9 Å². The summed E-state index contributed by atoms with van der Waals surface area (Å²) in [7, 11) is 0. The second kappa shape index (κ2) is 6.30. The molecule has 4 aromatic rings. The third kappa shape index (κ3) is 2.66. The summed E-state index contributed by atoms with van der Waals surface area (Å²) < 4.78 is 7.24. The van der Waals surface area contributed by atoms with Gasteiger partial charge in [0.05, 0.1) is 23.0 Å². The number of rotatable bonds is 4. The number of Topliss-reactive ketones (excluding diaryl/α,β-unsaturated/α-hetero) is 1. The second-order valence-electron chi connectivity index (χ2n) is 5.85. The van der Waals surface area contributed by atoms with Crippen LogP contribution in [-0.2, 0) is 0 Å². The van der Waals surface area contributed by atoms with Crippen LogP contribution in [0.3, 0.4) is 0 Å². The minimum absolute atomic E-state index is 0.102. The molecule has 2 aromatic carbocycles. The van der Waals surface area contributed by atoms with Crippen LogP contribution in [0.25, 0.3) is 16.8 Å². The van der Waals surface area contributed by atoms with Crippen LogP contribution >= 0.6 is 0 Å². The van der Waals surface area contributed by atoms with E-state index in [0.29, 0.717) is 22.4 Å². The standard InChI is InChI=1S/C20H14N4O2/c1-13-16(12-24(23-13)14-7-3-2-4-8-14)19(25)15(11-21)20-22-17-9-5-6-10-18(17)26-20/h2-10,12,15H,1H3/t15-/m1/s1. The van der Waals surface area contributed by atoms with Gasteiger partial charge in [-0.05, 0) is 31.2 Å². The van der Waals surface area contributed by atoms with Crippen molar-refractivity contribution in [2.24, 2.45) is 0 Å². The molecule has 6 heteroatoms. The zero-order chi connectivity index (χ0) is 18.1. The van der Waals surface area contributed by atoms with Crippen LogP contribution in [0.15, 0.2) is 65.2 Å². The molecule has 0 aliphatic heterocycles. The minimum atomic E-state index is -1.12. The zero-order valence-corrected chi connectivity index (χ0v) is 14.0. The zero-order valence-electron chi connectivity index (χ0n) is 14.0. The third-order valence-electron chi connectivity index (χ3n) is 4.13. The summed E-state index contributed by atoms with van der Waals surface area (Å²) in [5.74, 6) is -1.39. The van der Waals surface area contributed by atoms with Crippen molar-refractivity contribution in [3.8, 4) is 11.8 Å². The van der Waals surface area contributed by atoms with E-state index in [4.69, 9.17) is 4.42 Å². The summed E-state index contributed by atoms with van der Waals surface area (Å²) in [5, 5.41) is 13.9. The third-order valence-corrected chi connectivity index (χ3v) is 4.13. The molecule has 0 unspecified atom stereocenters. The Labute approximate surface area is 149 Å². The van der Waals surface area contributed by atoms with Gasteiger partial charge in [-0.3, -0.25) is 4.79 Å². The number of ketones is 1. The van der Waals surface area contributed by atoms with Crippen LogP contribution in [0.5, 0.6) is 0 Å². The largest absolute Gasteiger partial charge is 0.439 e. The Kier molecular flexibility index (Phi) is 3.82. The van der Waals surface area contributed by atoms with Gasteiger partial charge in [-0.1, -0.05) is 30.3 Å².